The van der Waals surface area contributed by atoms with E-state index in [9.17, 15) is 4.79 Å². The third-order valence-corrected chi connectivity index (χ3v) is 2.61. The van der Waals surface area contributed by atoms with Crippen LogP contribution in [0.3, 0.4) is 0 Å². The number of anilines is 1. The smallest absolute Gasteiger partial charge is 0.156 e. The Kier molecular flexibility index (Phi) is 4.42. The molecule has 0 aromatic carbocycles. The van der Waals surface area contributed by atoms with Gasteiger partial charge in [-0.25, -0.2) is 9.97 Å². The molecule has 5 nitrogen and oxygen atoms in total. The summed E-state index contributed by atoms with van der Waals surface area (Å²) in [5.41, 5.74) is -0.139. The molecule has 0 saturated carbocycles. The van der Waals surface area contributed by atoms with Crippen molar-refractivity contribution in [1.82, 2.24) is 9.97 Å². The molecule has 0 radical (unpaired) electrons. The van der Waals surface area contributed by atoms with Crippen LogP contribution in [0.1, 0.15) is 36.5 Å². The number of carbonyl (C=O) groups excluding carboxylic acids is 1. The molecular formula is C11H16ClN3O2. The highest BCUT2D eigenvalue weighted by atomic mass is 35.5. The van der Waals surface area contributed by atoms with E-state index in [-0.39, 0.29) is 22.9 Å². The van der Waals surface area contributed by atoms with Gasteiger partial charge in [-0.2, -0.15) is 0 Å². The molecule has 6 heteroatoms. The summed E-state index contributed by atoms with van der Waals surface area (Å²) in [7, 11) is 0. The third kappa shape index (κ3) is 3.64. The number of nitrogens with zero attached hydrogens (tertiary/aromatic N) is 2. The van der Waals surface area contributed by atoms with Crippen LogP contribution in [0.5, 0.6) is 0 Å². The fourth-order valence-corrected chi connectivity index (χ4v) is 1.67. The van der Waals surface area contributed by atoms with Gasteiger partial charge < -0.3 is 10.4 Å². The summed E-state index contributed by atoms with van der Waals surface area (Å²) < 4.78 is 0. The zero-order valence-electron chi connectivity index (χ0n) is 10.1. The number of aryl methyl sites for hydroxylation is 1. The largest absolute Gasteiger partial charge is 0.396 e. The van der Waals surface area contributed by atoms with Crippen LogP contribution >= 0.6 is 11.6 Å². The lowest BCUT2D eigenvalue weighted by atomic mass is 10.0. The second-order valence-electron chi connectivity index (χ2n) is 4.42. The molecule has 0 atom stereocenters. The van der Waals surface area contributed by atoms with Crippen LogP contribution in [-0.4, -0.2) is 33.5 Å². The number of aromatic nitrogens is 2. The first kappa shape index (κ1) is 13.9. The van der Waals surface area contributed by atoms with Crippen LogP contribution in [0.15, 0.2) is 0 Å². The molecule has 0 fully saturated rings. The van der Waals surface area contributed by atoms with Crippen molar-refractivity contribution in [3.63, 3.8) is 0 Å². The zero-order valence-corrected chi connectivity index (χ0v) is 10.9. The molecule has 0 aliphatic carbocycles. The van der Waals surface area contributed by atoms with Crippen molar-refractivity contribution >= 4 is 23.7 Å². The quantitative estimate of drug-likeness (QED) is 0.622. The maximum atomic E-state index is 10.9. The van der Waals surface area contributed by atoms with E-state index in [1.165, 1.54) is 0 Å². The number of halogens is 1. The molecule has 0 unspecified atom stereocenters. The minimum Gasteiger partial charge on any atom is -0.396 e. The van der Waals surface area contributed by atoms with Gasteiger partial charge in [0, 0.05) is 12.1 Å². The number of hydrogen-bond donors (Lipinski definition) is 2. The van der Waals surface area contributed by atoms with Crippen molar-refractivity contribution in [2.75, 3.05) is 11.9 Å². The van der Waals surface area contributed by atoms with E-state index in [0.29, 0.717) is 24.3 Å². The Morgan fingerprint density at radius 1 is 1.47 bits per heavy atom. The number of aliphatic hydroxyl groups is 1. The maximum absolute atomic E-state index is 10.9. The number of hydrogen-bond acceptors (Lipinski definition) is 5. The van der Waals surface area contributed by atoms with Gasteiger partial charge in [0.05, 0.1) is 5.56 Å². The minimum absolute atomic E-state index is 0.0498. The van der Waals surface area contributed by atoms with Gasteiger partial charge in [0.15, 0.2) is 6.29 Å². The minimum atomic E-state index is -0.378. The first-order valence-corrected chi connectivity index (χ1v) is 5.66. The van der Waals surface area contributed by atoms with E-state index in [1.807, 2.05) is 13.8 Å². The molecule has 0 saturated heterocycles. The highest BCUT2D eigenvalue weighted by molar-refractivity contribution is 6.32. The van der Waals surface area contributed by atoms with Crippen molar-refractivity contribution in [1.29, 1.82) is 0 Å². The Hall–Kier alpha value is -1.20. The van der Waals surface area contributed by atoms with Crippen molar-refractivity contribution in [3.8, 4) is 0 Å². The Morgan fingerprint density at radius 3 is 2.65 bits per heavy atom. The Morgan fingerprint density at radius 2 is 2.12 bits per heavy atom. The van der Waals surface area contributed by atoms with Crippen LogP contribution in [-0.2, 0) is 0 Å². The lowest BCUT2D eigenvalue weighted by molar-refractivity contribution is 0.112. The van der Waals surface area contributed by atoms with Crippen molar-refractivity contribution < 1.29 is 9.90 Å². The summed E-state index contributed by atoms with van der Waals surface area (Å²) in [6, 6.07) is 0. The lowest BCUT2D eigenvalue weighted by Gasteiger charge is -2.26. The summed E-state index contributed by atoms with van der Waals surface area (Å²) in [5.74, 6) is 0.888. The van der Waals surface area contributed by atoms with Crippen LogP contribution in [0, 0.1) is 6.92 Å². The lowest BCUT2D eigenvalue weighted by Crippen LogP contribution is -2.33. The molecule has 0 aliphatic rings. The van der Waals surface area contributed by atoms with E-state index in [0.717, 1.165) is 0 Å². The molecule has 17 heavy (non-hydrogen) atoms. The van der Waals surface area contributed by atoms with Crippen LogP contribution in [0.25, 0.3) is 0 Å². The summed E-state index contributed by atoms with van der Waals surface area (Å²) in [6.45, 7) is 5.56. The predicted octanol–water partition coefficient (Wildman–Crippen LogP) is 1.82. The Balaban J connectivity index is 3.09. The van der Waals surface area contributed by atoms with Gasteiger partial charge in [-0.3, -0.25) is 4.79 Å². The number of aldehydes is 1. The van der Waals surface area contributed by atoms with Gasteiger partial charge in [-0.05, 0) is 27.2 Å². The van der Waals surface area contributed by atoms with Gasteiger partial charge >= 0.3 is 0 Å². The molecule has 1 aromatic heterocycles. The predicted molar refractivity (Wildman–Crippen MR) is 66.6 cm³/mol. The molecular weight excluding hydrogens is 242 g/mol. The topological polar surface area (TPSA) is 75.1 Å². The number of carbonyl (C=O) groups is 1. The highest BCUT2D eigenvalue weighted by Gasteiger charge is 2.20. The van der Waals surface area contributed by atoms with Crippen LogP contribution < -0.4 is 5.32 Å². The second kappa shape index (κ2) is 5.42. The van der Waals surface area contributed by atoms with Gasteiger partial charge in [0.2, 0.25) is 0 Å². The molecule has 0 amide bonds. The van der Waals surface area contributed by atoms with E-state index < -0.39 is 0 Å². The molecule has 2 N–H and O–H groups in total. The summed E-state index contributed by atoms with van der Waals surface area (Å²) >= 11 is 5.87. The van der Waals surface area contributed by atoms with Crippen molar-refractivity contribution in [2.24, 2.45) is 0 Å². The monoisotopic (exact) mass is 257 g/mol. The van der Waals surface area contributed by atoms with E-state index in [2.05, 4.69) is 15.3 Å². The van der Waals surface area contributed by atoms with E-state index in [4.69, 9.17) is 16.7 Å². The summed E-state index contributed by atoms with van der Waals surface area (Å²) in [4.78, 5) is 19.0. The first-order valence-electron chi connectivity index (χ1n) is 5.28. The van der Waals surface area contributed by atoms with Gasteiger partial charge in [-0.1, -0.05) is 11.6 Å². The summed E-state index contributed by atoms with van der Waals surface area (Å²) in [6.07, 6.45) is 1.16. The average molecular weight is 258 g/mol. The Bertz CT molecular complexity index is 421. The molecule has 1 rings (SSSR count). The number of nitrogens with one attached hydrogen (secondary N) is 1. The number of rotatable bonds is 5. The third-order valence-electron chi connectivity index (χ3n) is 2.32. The van der Waals surface area contributed by atoms with Gasteiger partial charge in [0.25, 0.3) is 0 Å². The maximum Gasteiger partial charge on any atom is 0.156 e. The second-order valence-corrected chi connectivity index (χ2v) is 4.78. The summed E-state index contributed by atoms with van der Waals surface area (Å²) in [5, 5.41) is 12.2. The van der Waals surface area contributed by atoms with Gasteiger partial charge in [-0.15, -0.1) is 0 Å². The van der Waals surface area contributed by atoms with E-state index >= 15 is 0 Å². The van der Waals surface area contributed by atoms with Crippen LogP contribution in [0.2, 0.25) is 5.15 Å². The average Bonchev–Trinajstić information content (AvgIpc) is 2.15. The zero-order chi connectivity index (χ0) is 13.1. The van der Waals surface area contributed by atoms with Gasteiger partial charge in [0.1, 0.15) is 16.8 Å². The normalized spacial score (nSPS) is 11.4. The Labute approximate surface area is 105 Å². The molecule has 1 aromatic rings. The molecule has 1 heterocycles. The molecule has 0 aliphatic heterocycles. The standard InChI is InChI=1S/C11H16ClN3O2/c1-7-13-9(12)8(6-17)10(14-7)15-11(2,3)4-5-16/h6,16H,4-5H2,1-3H3,(H,13,14,15). The fourth-order valence-electron chi connectivity index (χ4n) is 1.41. The van der Waals surface area contributed by atoms with Crippen molar-refractivity contribution in [3.05, 3.63) is 16.5 Å². The number of aliphatic hydroxyl groups excluding tert-OH is 1. The van der Waals surface area contributed by atoms with E-state index in [1.54, 1.807) is 6.92 Å². The van der Waals surface area contributed by atoms with Crippen LogP contribution in [0.4, 0.5) is 5.82 Å². The SMILES string of the molecule is Cc1nc(Cl)c(C=O)c(NC(C)(C)CCO)n1. The molecule has 0 spiro atoms. The van der Waals surface area contributed by atoms with Crippen molar-refractivity contribution in [2.45, 2.75) is 32.7 Å². The molecule has 94 valence electrons. The highest BCUT2D eigenvalue weighted by Crippen LogP contribution is 2.23. The molecule has 0 bridgehead atoms. The first-order chi connectivity index (χ1) is 7.89. The fraction of sp³-hybridized carbons (Fsp3) is 0.545.